The minimum atomic E-state index is -0.543. The van der Waals surface area contributed by atoms with Gasteiger partial charge in [0, 0.05) is 19.3 Å². The van der Waals surface area contributed by atoms with Gasteiger partial charge in [-0.15, -0.1) is 0 Å². The van der Waals surface area contributed by atoms with E-state index >= 15 is 0 Å². The Morgan fingerprint density at radius 3 is 2.56 bits per heavy atom. The predicted octanol–water partition coefficient (Wildman–Crippen LogP) is 3.80. The Morgan fingerprint density at radius 2 is 1.89 bits per heavy atom. The first kappa shape index (κ1) is 17.3. The lowest BCUT2D eigenvalue weighted by atomic mass is 10.3. The molecule has 0 spiro atoms. The lowest BCUT2D eigenvalue weighted by Crippen LogP contribution is -2.27. The van der Waals surface area contributed by atoms with Gasteiger partial charge in [0.05, 0.1) is 17.1 Å². The second-order valence-corrected chi connectivity index (χ2v) is 6.36. The van der Waals surface area contributed by atoms with Gasteiger partial charge in [0.2, 0.25) is 5.78 Å². The maximum Gasteiger partial charge on any atom is 0.433 e. The van der Waals surface area contributed by atoms with E-state index < -0.39 is 4.92 Å². The van der Waals surface area contributed by atoms with Crippen LogP contribution in [0.1, 0.15) is 13.8 Å². The highest BCUT2D eigenvalue weighted by molar-refractivity contribution is 5.82. The molecule has 4 aromatic rings. The molecule has 0 bridgehead atoms. The number of nitro groups is 1. The summed E-state index contributed by atoms with van der Waals surface area (Å²) >= 11 is 0. The lowest BCUT2D eigenvalue weighted by Gasteiger charge is -2.18. The van der Waals surface area contributed by atoms with Crippen molar-refractivity contribution in [3.63, 3.8) is 0 Å². The number of rotatable bonds is 7. The van der Waals surface area contributed by atoms with Crippen LogP contribution >= 0.6 is 0 Å². The number of aromatic nitrogens is 3. The molecule has 0 saturated heterocycles. The molecular weight excluding hydrogens is 346 g/mol. The van der Waals surface area contributed by atoms with E-state index in [4.69, 9.17) is 9.40 Å². The van der Waals surface area contributed by atoms with Crippen LogP contribution in [0, 0.1) is 10.1 Å². The Kier molecular flexibility index (Phi) is 4.41. The summed E-state index contributed by atoms with van der Waals surface area (Å²) in [6, 6.07) is 11.1. The quantitative estimate of drug-likeness (QED) is 0.366. The highest BCUT2D eigenvalue weighted by atomic mass is 16.6. The molecule has 4 rings (SSSR count). The van der Waals surface area contributed by atoms with Gasteiger partial charge in [0.25, 0.3) is 0 Å². The molecule has 8 nitrogen and oxygen atoms in total. The van der Waals surface area contributed by atoms with Gasteiger partial charge in [-0.3, -0.25) is 14.5 Å². The van der Waals surface area contributed by atoms with E-state index in [1.165, 1.54) is 6.07 Å². The number of furan rings is 1. The number of nitrogens with zero attached hydrogens (tertiary/aromatic N) is 5. The standard InChI is InChI=1S/C19H21N5O3/c1-3-21(4-2)11-12-22-15-7-5-6-8-16(15)23-13-14(20-19(22)23)17-9-10-18(27-17)24(25)26/h5-10,13H,3-4,11-12H2,1-2H3. The number of hydrogen-bond acceptors (Lipinski definition) is 5. The average molecular weight is 367 g/mol. The summed E-state index contributed by atoms with van der Waals surface area (Å²) in [7, 11) is 0. The van der Waals surface area contributed by atoms with Gasteiger partial charge in [-0.2, -0.15) is 0 Å². The van der Waals surface area contributed by atoms with Crippen molar-refractivity contribution in [1.29, 1.82) is 0 Å². The number of imidazole rings is 2. The van der Waals surface area contributed by atoms with Crippen LogP contribution in [-0.4, -0.2) is 43.4 Å². The molecule has 0 aliphatic heterocycles. The third kappa shape index (κ3) is 2.97. The van der Waals surface area contributed by atoms with Crippen LogP contribution in [0.5, 0.6) is 0 Å². The SMILES string of the molecule is CCN(CC)CCn1c2ccccc2n2cc(-c3ccc([N+](=O)[O-])o3)nc12. The van der Waals surface area contributed by atoms with Crippen LogP contribution < -0.4 is 0 Å². The molecule has 140 valence electrons. The van der Waals surface area contributed by atoms with Gasteiger partial charge < -0.3 is 13.9 Å². The highest BCUT2D eigenvalue weighted by Gasteiger charge is 2.19. The lowest BCUT2D eigenvalue weighted by molar-refractivity contribution is -0.401. The largest absolute Gasteiger partial charge is 0.433 e. The molecule has 8 heteroatoms. The maximum absolute atomic E-state index is 10.9. The highest BCUT2D eigenvalue weighted by Crippen LogP contribution is 2.28. The first-order valence-electron chi connectivity index (χ1n) is 9.05. The zero-order valence-corrected chi connectivity index (χ0v) is 15.3. The summed E-state index contributed by atoms with van der Waals surface area (Å²) < 4.78 is 9.53. The summed E-state index contributed by atoms with van der Waals surface area (Å²) in [6.07, 6.45) is 1.87. The molecule has 0 radical (unpaired) electrons. The van der Waals surface area contributed by atoms with Crippen molar-refractivity contribution in [2.45, 2.75) is 20.4 Å². The van der Waals surface area contributed by atoms with Crippen molar-refractivity contribution >= 4 is 22.7 Å². The van der Waals surface area contributed by atoms with E-state index in [9.17, 15) is 10.1 Å². The molecule has 0 fully saturated rings. The molecule has 27 heavy (non-hydrogen) atoms. The van der Waals surface area contributed by atoms with Crippen molar-refractivity contribution in [3.05, 3.63) is 52.7 Å². The fourth-order valence-electron chi connectivity index (χ4n) is 3.43. The van der Waals surface area contributed by atoms with Crippen molar-refractivity contribution in [2.75, 3.05) is 19.6 Å². The minimum absolute atomic E-state index is 0.281. The van der Waals surface area contributed by atoms with E-state index in [-0.39, 0.29) is 5.88 Å². The number of fused-ring (bicyclic) bond motifs is 3. The molecule has 1 aromatic carbocycles. The Bertz CT molecular complexity index is 1100. The predicted molar refractivity (Wildman–Crippen MR) is 103 cm³/mol. The summed E-state index contributed by atoms with van der Waals surface area (Å²) in [6.45, 7) is 8.06. The third-order valence-electron chi connectivity index (χ3n) is 4.92. The number of benzene rings is 1. The fraction of sp³-hybridized carbons (Fsp3) is 0.316. The smallest absolute Gasteiger partial charge is 0.399 e. The van der Waals surface area contributed by atoms with Crippen LogP contribution in [0.25, 0.3) is 28.3 Å². The van der Waals surface area contributed by atoms with E-state index in [1.54, 1.807) is 6.07 Å². The average Bonchev–Trinajstić information content (AvgIpc) is 3.37. The summed E-state index contributed by atoms with van der Waals surface area (Å²) in [5.41, 5.74) is 2.75. The first-order valence-corrected chi connectivity index (χ1v) is 9.05. The first-order chi connectivity index (χ1) is 13.1. The van der Waals surface area contributed by atoms with Gasteiger partial charge in [0.15, 0.2) is 5.76 Å². The molecule has 3 heterocycles. The maximum atomic E-state index is 10.9. The Hall–Kier alpha value is -3.13. The molecule has 0 aliphatic carbocycles. The normalized spacial score (nSPS) is 11.8. The summed E-state index contributed by atoms with van der Waals surface area (Å²) in [5.74, 6) is 0.916. The monoisotopic (exact) mass is 367 g/mol. The van der Waals surface area contributed by atoms with E-state index in [0.29, 0.717) is 11.5 Å². The van der Waals surface area contributed by atoms with Crippen LogP contribution in [-0.2, 0) is 6.54 Å². The Labute approximate surface area is 155 Å². The van der Waals surface area contributed by atoms with Gasteiger partial charge in [-0.25, -0.2) is 4.98 Å². The number of para-hydroxylation sites is 2. The van der Waals surface area contributed by atoms with Crippen molar-refractivity contribution in [2.24, 2.45) is 0 Å². The summed E-state index contributed by atoms with van der Waals surface area (Å²) in [4.78, 5) is 17.4. The van der Waals surface area contributed by atoms with Crippen molar-refractivity contribution < 1.29 is 9.34 Å². The van der Waals surface area contributed by atoms with Gasteiger partial charge >= 0.3 is 5.88 Å². The zero-order chi connectivity index (χ0) is 19.0. The fourth-order valence-corrected chi connectivity index (χ4v) is 3.43. The van der Waals surface area contributed by atoms with Crippen molar-refractivity contribution in [3.8, 4) is 11.5 Å². The Morgan fingerprint density at radius 1 is 1.15 bits per heavy atom. The van der Waals surface area contributed by atoms with E-state index in [2.05, 4.69) is 29.4 Å². The zero-order valence-electron chi connectivity index (χ0n) is 15.3. The number of hydrogen-bond donors (Lipinski definition) is 0. The van der Waals surface area contributed by atoms with E-state index in [0.717, 1.165) is 43.0 Å². The minimum Gasteiger partial charge on any atom is -0.399 e. The van der Waals surface area contributed by atoms with Crippen LogP contribution in [0.2, 0.25) is 0 Å². The second kappa shape index (κ2) is 6.88. The molecule has 0 unspecified atom stereocenters. The van der Waals surface area contributed by atoms with Crippen LogP contribution in [0.15, 0.2) is 47.0 Å². The Balaban J connectivity index is 1.79. The summed E-state index contributed by atoms with van der Waals surface area (Å²) in [5, 5.41) is 10.9. The van der Waals surface area contributed by atoms with Crippen LogP contribution in [0.3, 0.4) is 0 Å². The van der Waals surface area contributed by atoms with Gasteiger partial charge in [0.1, 0.15) is 10.6 Å². The van der Waals surface area contributed by atoms with Gasteiger partial charge in [-0.05, 0) is 31.3 Å². The topological polar surface area (TPSA) is 81.8 Å². The molecule has 0 aliphatic rings. The molecule has 3 aromatic heterocycles. The van der Waals surface area contributed by atoms with Gasteiger partial charge in [-0.1, -0.05) is 26.0 Å². The molecular formula is C19H21N5O3. The second-order valence-electron chi connectivity index (χ2n) is 6.36. The molecule has 0 N–H and O–H groups in total. The van der Waals surface area contributed by atoms with E-state index in [1.807, 2.05) is 28.8 Å². The molecule has 0 atom stereocenters. The van der Waals surface area contributed by atoms with Crippen LogP contribution in [0.4, 0.5) is 5.88 Å². The number of likely N-dealkylation sites (N-methyl/N-ethyl adjacent to an activating group) is 1. The molecule has 0 saturated carbocycles. The van der Waals surface area contributed by atoms with Crippen molar-refractivity contribution in [1.82, 2.24) is 18.9 Å². The third-order valence-corrected chi connectivity index (χ3v) is 4.92. The molecule has 0 amide bonds.